The standard InChI is InChI=1S/C17H16N2O2/c1-17(2,3)11-7-8-12-13(10-11)16(21)19(15(12)20)14-6-4-5-9-18-14/h4-10H,1-3H3. The molecule has 21 heavy (non-hydrogen) atoms. The van der Waals surface area contributed by atoms with Gasteiger partial charge in [0.2, 0.25) is 0 Å². The fraction of sp³-hybridized carbons (Fsp3) is 0.235. The van der Waals surface area contributed by atoms with Crippen LogP contribution < -0.4 is 4.90 Å². The molecule has 0 unspecified atom stereocenters. The average molecular weight is 280 g/mol. The van der Waals surface area contributed by atoms with Crippen molar-refractivity contribution in [1.29, 1.82) is 0 Å². The molecule has 3 rings (SSSR count). The number of imide groups is 1. The van der Waals surface area contributed by atoms with Gasteiger partial charge in [-0.1, -0.05) is 32.9 Å². The monoisotopic (exact) mass is 280 g/mol. The minimum Gasteiger partial charge on any atom is -0.268 e. The number of carbonyl (C=O) groups is 2. The number of fused-ring (bicyclic) bond motifs is 1. The summed E-state index contributed by atoms with van der Waals surface area (Å²) >= 11 is 0. The molecule has 0 radical (unpaired) electrons. The lowest BCUT2D eigenvalue weighted by molar-refractivity contribution is 0.0925. The fourth-order valence-electron chi connectivity index (χ4n) is 2.40. The van der Waals surface area contributed by atoms with Gasteiger partial charge >= 0.3 is 0 Å². The summed E-state index contributed by atoms with van der Waals surface area (Å²) in [7, 11) is 0. The Morgan fingerprint density at radius 1 is 0.952 bits per heavy atom. The molecule has 1 aromatic heterocycles. The van der Waals surface area contributed by atoms with Gasteiger partial charge in [-0.05, 0) is 35.2 Å². The van der Waals surface area contributed by atoms with Gasteiger partial charge in [0.25, 0.3) is 11.8 Å². The van der Waals surface area contributed by atoms with E-state index < -0.39 is 0 Å². The minimum absolute atomic E-state index is 0.0726. The minimum atomic E-state index is -0.311. The lowest BCUT2D eigenvalue weighted by Gasteiger charge is -2.19. The van der Waals surface area contributed by atoms with E-state index in [1.54, 1.807) is 30.5 Å². The van der Waals surface area contributed by atoms with Crippen LogP contribution in [0.3, 0.4) is 0 Å². The Labute approximate surface area is 123 Å². The zero-order valence-electron chi connectivity index (χ0n) is 12.3. The van der Waals surface area contributed by atoms with Crippen molar-refractivity contribution >= 4 is 17.6 Å². The Morgan fingerprint density at radius 2 is 1.67 bits per heavy atom. The zero-order valence-corrected chi connectivity index (χ0v) is 12.3. The van der Waals surface area contributed by atoms with Gasteiger partial charge in [0.05, 0.1) is 11.1 Å². The number of benzene rings is 1. The number of anilines is 1. The quantitative estimate of drug-likeness (QED) is 0.754. The number of nitrogens with zero attached hydrogens (tertiary/aromatic N) is 2. The van der Waals surface area contributed by atoms with E-state index in [2.05, 4.69) is 25.8 Å². The first-order valence-corrected chi connectivity index (χ1v) is 6.84. The third kappa shape index (κ3) is 2.13. The Morgan fingerprint density at radius 3 is 2.29 bits per heavy atom. The first-order valence-electron chi connectivity index (χ1n) is 6.84. The molecular formula is C17H16N2O2. The van der Waals surface area contributed by atoms with Gasteiger partial charge in [0.1, 0.15) is 5.82 Å². The predicted octanol–water partition coefficient (Wildman–Crippen LogP) is 3.18. The molecule has 0 N–H and O–H groups in total. The van der Waals surface area contributed by atoms with Crippen LogP contribution in [0.4, 0.5) is 5.82 Å². The third-order valence-electron chi connectivity index (χ3n) is 3.63. The highest BCUT2D eigenvalue weighted by molar-refractivity contribution is 6.34. The molecule has 106 valence electrons. The second-order valence-electron chi connectivity index (χ2n) is 6.14. The van der Waals surface area contributed by atoms with E-state index in [0.717, 1.165) is 10.5 Å². The fourth-order valence-corrected chi connectivity index (χ4v) is 2.40. The van der Waals surface area contributed by atoms with Crippen molar-refractivity contribution in [2.24, 2.45) is 0 Å². The van der Waals surface area contributed by atoms with Gasteiger partial charge < -0.3 is 0 Å². The summed E-state index contributed by atoms with van der Waals surface area (Å²) in [5.74, 6) is -0.255. The predicted molar refractivity (Wildman–Crippen MR) is 80.5 cm³/mol. The molecule has 2 aromatic rings. The molecule has 4 heteroatoms. The number of aromatic nitrogens is 1. The van der Waals surface area contributed by atoms with Crippen LogP contribution in [0.2, 0.25) is 0 Å². The van der Waals surface area contributed by atoms with Crippen LogP contribution in [0.25, 0.3) is 0 Å². The molecule has 0 saturated carbocycles. The van der Waals surface area contributed by atoms with Crippen LogP contribution in [-0.4, -0.2) is 16.8 Å². The highest BCUT2D eigenvalue weighted by atomic mass is 16.2. The SMILES string of the molecule is CC(C)(C)c1ccc2c(c1)C(=O)N(c1ccccn1)C2=O. The molecule has 2 heterocycles. The van der Waals surface area contributed by atoms with Gasteiger partial charge in [0.15, 0.2) is 0 Å². The smallest absolute Gasteiger partial charge is 0.267 e. The number of hydrogen-bond acceptors (Lipinski definition) is 3. The van der Waals surface area contributed by atoms with E-state index in [0.29, 0.717) is 16.9 Å². The molecule has 0 saturated heterocycles. The number of carbonyl (C=O) groups excluding carboxylic acids is 2. The average Bonchev–Trinajstić information content (AvgIpc) is 2.70. The zero-order chi connectivity index (χ0) is 15.2. The maximum Gasteiger partial charge on any atom is 0.267 e. The third-order valence-corrected chi connectivity index (χ3v) is 3.63. The summed E-state index contributed by atoms with van der Waals surface area (Å²) in [4.78, 5) is 30.2. The molecule has 1 aliphatic heterocycles. The lowest BCUT2D eigenvalue weighted by Crippen LogP contribution is -2.30. The van der Waals surface area contributed by atoms with Gasteiger partial charge in [-0.25, -0.2) is 9.88 Å². The number of hydrogen-bond donors (Lipinski definition) is 0. The summed E-state index contributed by atoms with van der Waals surface area (Å²) in [5.41, 5.74) is 1.86. The number of pyridine rings is 1. The van der Waals surface area contributed by atoms with Crippen LogP contribution >= 0.6 is 0 Å². The molecule has 0 atom stereocenters. The Hall–Kier alpha value is -2.49. The first-order chi connectivity index (χ1) is 9.89. The Bertz CT molecular complexity index is 730. The summed E-state index contributed by atoms with van der Waals surface area (Å²) in [6, 6.07) is 10.6. The van der Waals surface area contributed by atoms with Crippen molar-refractivity contribution in [3.05, 3.63) is 59.3 Å². The van der Waals surface area contributed by atoms with Gasteiger partial charge in [-0.3, -0.25) is 9.59 Å². The van der Waals surface area contributed by atoms with Crippen LogP contribution in [-0.2, 0) is 5.41 Å². The van der Waals surface area contributed by atoms with Crippen LogP contribution in [0.1, 0.15) is 47.1 Å². The topological polar surface area (TPSA) is 50.3 Å². The summed E-state index contributed by atoms with van der Waals surface area (Å²) < 4.78 is 0. The van der Waals surface area contributed by atoms with Gasteiger partial charge in [-0.2, -0.15) is 0 Å². The van der Waals surface area contributed by atoms with E-state index >= 15 is 0 Å². The van der Waals surface area contributed by atoms with E-state index in [1.165, 1.54) is 0 Å². The Kier molecular flexibility index (Phi) is 2.90. The van der Waals surface area contributed by atoms with Crippen molar-refractivity contribution in [3.63, 3.8) is 0 Å². The van der Waals surface area contributed by atoms with E-state index in [4.69, 9.17) is 0 Å². The molecule has 2 amide bonds. The van der Waals surface area contributed by atoms with Crippen molar-refractivity contribution < 1.29 is 9.59 Å². The molecule has 4 nitrogen and oxygen atoms in total. The second-order valence-corrected chi connectivity index (χ2v) is 6.14. The lowest BCUT2D eigenvalue weighted by atomic mass is 9.85. The molecule has 1 aliphatic rings. The Balaban J connectivity index is 2.09. The van der Waals surface area contributed by atoms with Crippen molar-refractivity contribution in [2.75, 3.05) is 4.90 Å². The van der Waals surface area contributed by atoms with E-state index in [9.17, 15) is 9.59 Å². The van der Waals surface area contributed by atoms with Gasteiger partial charge in [0, 0.05) is 6.20 Å². The van der Waals surface area contributed by atoms with E-state index in [1.807, 2.05) is 12.1 Å². The number of amides is 2. The van der Waals surface area contributed by atoms with Gasteiger partial charge in [-0.15, -0.1) is 0 Å². The van der Waals surface area contributed by atoms with Crippen molar-refractivity contribution in [3.8, 4) is 0 Å². The van der Waals surface area contributed by atoms with Crippen LogP contribution in [0.15, 0.2) is 42.6 Å². The van der Waals surface area contributed by atoms with Crippen molar-refractivity contribution in [2.45, 2.75) is 26.2 Å². The molecule has 0 fully saturated rings. The molecule has 1 aromatic carbocycles. The van der Waals surface area contributed by atoms with Crippen LogP contribution in [0, 0.1) is 0 Å². The highest BCUT2D eigenvalue weighted by Gasteiger charge is 2.38. The van der Waals surface area contributed by atoms with Crippen LogP contribution in [0.5, 0.6) is 0 Å². The molecular weight excluding hydrogens is 264 g/mol. The summed E-state index contributed by atoms with van der Waals surface area (Å²) in [6.07, 6.45) is 1.57. The highest BCUT2D eigenvalue weighted by Crippen LogP contribution is 2.31. The normalized spacial score (nSPS) is 14.5. The molecule has 0 aliphatic carbocycles. The largest absolute Gasteiger partial charge is 0.268 e. The molecule has 0 spiro atoms. The summed E-state index contributed by atoms with van der Waals surface area (Å²) in [6.45, 7) is 6.23. The second kappa shape index (κ2) is 4.52. The van der Waals surface area contributed by atoms with Crippen molar-refractivity contribution in [1.82, 2.24) is 4.98 Å². The maximum atomic E-state index is 12.6. The first kappa shape index (κ1) is 13.5. The number of rotatable bonds is 1. The summed E-state index contributed by atoms with van der Waals surface area (Å²) in [5, 5.41) is 0. The molecule has 0 bridgehead atoms. The van der Waals surface area contributed by atoms with E-state index in [-0.39, 0.29) is 17.2 Å². The maximum absolute atomic E-state index is 12.6.